The summed E-state index contributed by atoms with van der Waals surface area (Å²) in [6, 6.07) is 7.89. The molecule has 1 atom stereocenters. The number of likely N-dealkylation sites (N-methyl/N-ethyl adjacent to an activating group) is 1. The van der Waals surface area contributed by atoms with Crippen molar-refractivity contribution in [2.24, 2.45) is 12.0 Å². The summed E-state index contributed by atoms with van der Waals surface area (Å²) < 4.78 is 7.51. The molecule has 0 bridgehead atoms. The number of aliphatic imine (C=N–C) groups is 1. The molecule has 1 aromatic carbocycles. The number of carbonyl (C=O) groups excluding carboxylic acids is 1. The van der Waals surface area contributed by atoms with Crippen molar-refractivity contribution in [1.29, 1.82) is 0 Å². The van der Waals surface area contributed by atoms with Crippen LogP contribution in [0.5, 0.6) is 5.75 Å². The fraction of sp³-hybridized carbons (Fsp3) is 0.500. The Kier molecular flexibility index (Phi) is 10.8. The summed E-state index contributed by atoms with van der Waals surface area (Å²) in [5, 5.41) is 11.3. The first-order chi connectivity index (χ1) is 14.2. The fourth-order valence-corrected chi connectivity index (χ4v) is 3.10. The largest absolute Gasteiger partial charge is 0.484 e. The summed E-state index contributed by atoms with van der Waals surface area (Å²) >= 11 is 0. The predicted molar refractivity (Wildman–Crippen MR) is 135 cm³/mol. The second-order valence-electron chi connectivity index (χ2n) is 7.67. The van der Waals surface area contributed by atoms with E-state index in [0.29, 0.717) is 12.3 Å². The lowest BCUT2D eigenvalue weighted by molar-refractivity contribution is -0.130. The Labute approximate surface area is 202 Å². The van der Waals surface area contributed by atoms with Crippen LogP contribution in [0, 0.1) is 13.8 Å². The minimum Gasteiger partial charge on any atom is -0.484 e. The van der Waals surface area contributed by atoms with E-state index in [9.17, 15) is 4.79 Å². The number of ether oxygens (including phenoxy) is 1. The molecule has 0 saturated carbocycles. The van der Waals surface area contributed by atoms with Gasteiger partial charge in [-0.15, -0.1) is 24.0 Å². The third-order valence-electron chi connectivity index (χ3n) is 5.00. The van der Waals surface area contributed by atoms with Gasteiger partial charge in [0, 0.05) is 46.5 Å². The quantitative estimate of drug-likeness (QED) is 0.304. The third kappa shape index (κ3) is 8.04. The molecule has 0 spiro atoms. The van der Waals surface area contributed by atoms with Gasteiger partial charge in [0.05, 0.1) is 5.69 Å². The average molecular weight is 542 g/mol. The van der Waals surface area contributed by atoms with Crippen LogP contribution in [-0.2, 0) is 24.8 Å². The highest BCUT2D eigenvalue weighted by Crippen LogP contribution is 2.15. The number of aryl methyl sites for hydroxylation is 2. The number of rotatable bonds is 8. The Morgan fingerprint density at radius 1 is 1.32 bits per heavy atom. The molecule has 172 valence electrons. The molecule has 2 rings (SSSR count). The molecule has 1 amide bonds. The molecule has 8 nitrogen and oxygen atoms in total. The molecule has 0 fully saturated rings. The molecule has 0 aliphatic rings. The molecule has 9 heteroatoms. The number of guanidine groups is 1. The lowest BCUT2D eigenvalue weighted by Crippen LogP contribution is -2.42. The van der Waals surface area contributed by atoms with E-state index in [4.69, 9.17) is 4.74 Å². The van der Waals surface area contributed by atoms with Crippen LogP contribution in [0.3, 0.4) is 0 Å². The Hall–Kier alpha value is -2.30. The number of hydrogen-bond donors (Lipinski definition) is 2. The topological polar surface area (TPSA) is 83.8 Å². The van der Waals surface area contributed by atoms with Gasteiger partial charge in [0.2, 0.25) is 0 Å². The number of halogens is 1. The third-order valence-corrected chi connectivity index (χ3v) is 5.00. The van der Waals surface area contributed by atoms with Crippen LogP contribution in [0.2, 0.25) is 0 Å². The van der Waals surface area contributed by atoms with Crippen molar-refractivity contribution in [3.8, 4) is 5.75 Å². The molecule has 1 unspecified atom stereocenters. The summed E-state index contributed by atoms with van der Waals surface area (Å²) in [4.78, 5) is 17.5. The SMILES string of the molecule is CN=C(NCc1cccc(OCC(=O)N(C)C)c1)NC(C)Cc1c(C)nn(C)c1C.I. The molecule has 1 aromatic heterocycles. The summed E-state index contributed by atoms with van der Waals surface area (Å²) in [5.74, 6) is 1.33. The number of benzene rings is 1. The van der Waals surface area contributed by atoms with Crippen LogP contribution in [0.25, 0.3) is 0 Å². The number of amides is 1. The molecule has 2 N–H and O–H groups in total. The maximum absolute atomic E-state index is 11.7. The van der Waals surface area contributed by atoms with Crippen molar-refractivity contribution < 1.29 is 9.53 Å². The van der Waals surface area contributed by atoms with Gasteiger partial charge in [-0.25, -0.2) is 0 Å². The van der Waals surface area contributed by atoms with Gasteiger partial charge in [0.1, 0.15) is 5.75 Å². The zero-order valence-electron chi connectivity index (χ0n) is 19.5. The van der Waals surface area contributed by atoms with E-state index >= 15 is 0 Å². The number of nitrogens with zero attached hydrogens (tertiary/aromatic N) is 4. The first kappa shape index (κ1) is 26.7. The van der Waals surface area contributed by atoms with Gasteiger partial charge in [-0.3, -0.25) is 14.5 Å². The monoisotopic (exact) mass is 542 g/mol. The normalized spacial score (nSPS) is 12.0. The van der Waals surface area contributed by atoms with Crippen LogP contribution in [0.4, 0.5) is 0 Å². The number of nitrogens with one attached hydrogen (secondary N) is 2. The van der Waals surface area contributed by atoms with Crippen molar-refractivity contribution in [2.45, 2.75) is 39.8 Å². The second kappa shape index (κ2) is 12.5. The van der Waals surface area contributed by atoms with Gasteiger partial charge in [-0.2, -0.15) is 5.10 Å². The second-order valence-corrected chi connectivity index (χ2v) is 7.67. The van der Waals surface area contributed by atoms with Gasteiger partial charge in [-0.1, -0.05) is 12.1 Å². The maximum Gasteiger partial charge on any atom is 0.259 e. The van der Waals surface area contributed by atoms with Crippen LogP contribution in [0.15, 0.2) is 29.3 Å². The minimum atomic E-state index is -0.0730. The molecular weight excluding hydrogens is 507 g/mol. The van der Waals surface area contributed by atoms with Crippen molar-refractivity contribution in [3.05, 3.63) is 46.8 Å². The molecule has 0 aliphatic carbocycles. The fourth-order valence-electron chi connectivity index (χ4n) is 3.10. The van der Waals surface area contributed by atoms with Crippen LogP contribution in [0.1, 0.15) is 29.4 Å². The van der Waals surface area contributed by atoms with Gasteiger partial charge in [0.25, 0.3) is 5.91 Å². The zero-order chi connectivity index (χ0) is 22.3. The zero-order valence-corrected chi connectivity index (χ0v) is 21.9. The first-order valence-electron chi connectivity index (χ1n) is 10.1. The van der Waals surface area contributed by atoms with Crippen molar-refractivity contribution in [2.75, 3.05) is 27.7 Å². The molecule has 0 saturated heterocycles. The first-order valence-corrected chi connectivity index (χ1v) is 10.1. The number of aromatic nitrogens is 2. The van der Waals surface area contributed by atoms with Crippen molar-refractivity contribution >= 4 is 35.8 Å². The smallest absolute Gasteiger partial charge is 0.259 e. The number of hydrogen-bond acceptors (Lipinski definition) is 4. The van der Waals surface area contributed by atoms with E-state index in [2.05, 4.69) is 34.6 Å². The van der Waals surface area contributed by atoms with E-state index in [1.807, 2.05) is 42.9 Å². The van der Waals surface area contributed by atoms with Gasteiger partial charge in [0.15, 0.2) is 12.6 Å². The Bertz CT molecular complexity index is 894. The van der Waals surface area contributed by atoms with E-state index in [0.717, 1.165) is 23.6 Å². The summed E-state index contributed by atoms with van der Waals surface area (Å²) in [6.45, 7) is 6.89. The Balaban J connectivity index is 0.00000480. The van der Waals surface area contributed by atoms with E-state index < -0.39 is 0 Å². The highest BCUT2D eigenvalue weighted by atomic mass is 127. The van der Waals surface area contributed by atoms with Crippen molar-refractivity contribution in [1.82, 2.24) is 25.3 Å². The average Bonchev–Trinajstić information content (AvgIpc) is 2.95. The maximum atomic E-state index is 11.7. The molecule has 2 aromatic rings. The van der Waals surface area contributed by atoms with Crippen LogP contribution < -0.4 is 15.4 Å². The predicted octanol–water partition coefficient (Wildman–Crippen LogP) is 2.42. The minimum absolute atomic E-state index is 0. The standard InChI is InChI=1S/C22H34N6O2.HI/c1-15(11-20-16(2)26-28(7)17(20)3)25-22(23-4)24-13-18-9-8-10-19(12-18)30-14-21(29)27(5)6;/h8-10,12,15H,11,13-14H2,1-7H3,(H2,23,24,25);1H. The Morgan fingerprint density at radius 3 is 2.61 bits per heavy atom. The van der Waals surface area contributed by atoms with Crippen LogP contribution >= 0.6 is 24.0 Å². The summed E-state index contributed by atoms with van der Waals surface area (Å²) in [5.41, 5.74) is 4.56. The molecule has 1 heterocycles. The van der Waals surface area contributed by atoms with Gasteiger partial charge in [-0.05, 0) is 50.5 Å². The van der Waals surface area contributed by atoms with Gasteiger partial charge < -0.3 is 20.3 Å². The van der Waals surface area contributed by atoms with E-state index in [1.165, 1.54) is 16.2 Å². The number of carbonyl (C=O) groups is 1. The summed E-state index contributed by atoms with van der Waals surface area (Å²) in [6.07, 6.45) is 0.870. The molecule has 0 aliphatic heterocycles. The van der Waals surface area contributed by atoms with E-state index in [1.54, 1.807) is 21.1 Å². The lowest BCUT2D eigenvalue weighted by Gasteiger charge is -2.18. The molecular formula is C22H35IN6O2. The highest BCUT2D eigenvalue weighted by molar-refractivity contribution is 14.0. The van der Waals surface area contributed by atoms with Crippen molar-refractivity contribution in [3.63, 3.8) is 0 Å². The highest BCUT2D eigenvalue weighted by Gasteiger charge is 2.14. The summed E-state index contributed by atoms with van der Waals surface area (Å²) in [7, 11) is 7.15. The molecule has 31 heavy (non-hydrogen) atoms. The van der Waals surface area contributed by atoms with E-state index in [-0.39, 0.29) is 42.5 Å². The lowest BCUT2D eigenvalue weighted by atomic mass is 10.1. The molecule has 0 radical (unpaired) electrons. The van der Waals surface area contributed by atoms with Gasteiger partial charge >= 0.3 is 0 Å². The van der Waals surface area contributed by atoms with Crippen LogP contribution in [-0.4, -0.2) is 60.3 Å². The Morgan fingerprint density at radius 2 is 2.03 bits per heavy atom.